The Bertz CT molecular complexity index is 634. The summed E-state index contributed by atoms with van der Waals surface area (Å²) in [5, 5.41) is 9.30. The molecule has 0 amide bonds. The molecule has 3 rings (SSSR count). The van der Waals surface area contributed by atoms with Gasteiger partial charge in [-0.15, -0.1) is 0 Å². The van der Waals surface area contributed by atoms with Crippen LogP contribution in [0.4, 0.5) is 0 Å². The fourth-order valence-electron chi connectivity index (χ4n) is 2.54. The number of nitrogens with zero attached hydrogens (tertiary/aromatic N) is 2. The molecule has 0 saturated heterocycles. The maximum atomic E-state index is 9.30. The number of ether oxygens (including phenoxy) is 1. The van der Waals surface area contributed by atoms with Gasteiger partial charge in [0.1, 0.15) is 0 Å². The van der Waals surface area contributed by atoms with Crippen molar-refractivity contribution in [3.63, 3.8) is 0 Å². The van der Waals surface area contributed by atoms with Crippen LogP contribution in [0.2, 0.25) is 0 Å². The van der Waals surface area contributed by atoms with E-state index in [4.69, 9.17) is 4.74 Å². The van der Waals surface area contributed by atoms with Crippen molar-refractivity contribution in [2.75, 3.05) is 6.61 Å². The summed E-state index contributed by atoms with van der Waals surface area (Å²) in [7, 11) is 1.99. The van der Waals surface area contributed by atoms with Gasteiger partial charge in [-0.1, -0.05) is 6.07 Å². The van der Waals surface area contributed by atoms with E-state index in [0.717, 1.165) is 29.7 Å². The SMILES string of the molecule is Cn1ccc(-c2c(C#N)ccc3c2CCOC3)c1. The molecule has 0 atom stereocenters. The second kappa shape index (κ2) is 4.32. The molecule has 0 unspecified atom stereocenters. The van der Waals surface area contributed by atoms with Crippen LogP contribution in [0.1, 0.15) is 16.7 Å². The lowest BCUT2D eigenvalue weighted by atomic mass is 9.90. The van der Waals surface area contributed by atoms with E-state index < -0.39 is 0 Å². The van der Waals surface area contributed by atoms with E-state index in [1.807, 2.05) is 29.9 Å². The first-order valence-electron chi connectivity index (χ1n) is 6.04. The summed E-state index contributed by atoms with van der Waals surface area (Å²) < 4.78 is 7.49. The largest absolute Gasteiger partial charge is 0.376 e. The monoisotopic (exact) mass is 238 g/mol. The Hall–Kier alpha value is -2.05. The molecule has 1 aliphatic heterocycles. The highest BCUT2D eigenvalue weighted by molar-refractivity contribution is 5.75. The molecule has 0 aliphatic carbocycles. The first-order chi connectivity index (χ1) is 8.79. The van der Waals surface area contributed by atoms with E-state index in [1.54, 1.807) is 0 Å². The van der Waals surface area contributed by atoms with Gasteiger partial charge in [0.15, 0.2) is 0 Å². The fraction of sp³-hybridized carbons (Fsp3) is 0.267. The maximum Gasteiger partial charge on any atom is 0.0998 e. The third-order valence-corrected chi connectivity index (χ3v) is 3.40. The molecule has 1 aromatic heterocycles. The molecule has 90 valence electrons. The lowest BCUT2D eigenvalue weighted by Gasteiger charge is -2.20. The van der Waals surface area contributed by atoms with Crippen LogP contribution < -0.4 is 0 Å². The van der Waals surface area contributed by atoms with Crippen molar-refractivity contribution >= 4 is 0 Å². The van der Waals surface area contributed by atoms with Crippen molar-refractivity contribution in [1.29, 1.82) is 5.26 Å². The molecule has 3 heteroatoms. The van der Waals surface area contributed by atoms with Crippen LogP contribution in [0, 0.1) is 11.3 Å². The summed E-state index contributed by atoms with van der Waals surface area (Å²) in [6.07, 6.45) is 4.95. The Morgan fingerprint density at radius 1 is 1.33 bits per heavy atom. The van der Waals surface area contributed by atoms with Crippen LogP contribution in [0.15, 0.2) is 30.6 Å². The third kappa shape index (κ3) is 1.71. The number of fused-ring (bicyclic) bond motifs is 1. The average Bonchev–Trinajstić information content (AvgIpc) is 2.83. The van der Waals surface area contributed by atoms with Crippen molar-refractivity contribution < 1.29 is 4.74 Å². The van der Waals surface area contributed by atoms with Gasteiger partial charge in [0.25, 0.3) is 0 Å². The summed E-state index contributed by atoms with van der Waals surface area (Å²) in [4.78, 5) is 0. The zero-order valence-electron chi connectivity index (χ0n) is 10.3. The van der Waals surface area contributed by atoms with E-state index in [1.165, 1.54) is 11.1 Å². The molecule has 0 saturated carbocycles. The number of hydrogen-bond donors (Lipinski definition) is 0. The Kier molecular flexibility index (Phi) is 2.66. The number of nitriles is 1. The zero-order chi connectivity index (χ0) is 12.5. The summed E-state index contributed by atoms with van der Waals surface area (Å²) in [5.74, 6) is 0. The molecule has 0 bridgehead atoms. The number of aryl methyl sites for hydroxylation is 1. The van der Waals surface area contributed by atoms with Gasteiger partial charge in [0.05, 0.1) is 24.8 Å². The second-order valence-electron chi connectivity index (χ2n) is 4.61. The lowest BCUT2D eigenvalue weighted by Crippen LogP contribution is -2.11. The molecule has 1 aromatic carbocycles. The predicted octanol–water partition coefficient (Wildman–Crippen LogP) is 2.64. The Morgan fingerprint density at radius 3 is 2.94 bits per heavy atom. The van der Waals surface area contributed by atoms with E-state index >= 15 is 0 Å². The van der Waals surface area contributed by atoms with Gasteiger partial charge in [0, 0.05) is 30.6 Å². The van der Waals surface area contributed by atoms with Crippen LogP contribution in [-0.4, -0.2) is 11.2 Å². The highest BCUT2D eigenvalue weighted by Gasteiger charge is 2.18. The Balaban J connectivity index is 2.25. The topological polar surface area (TPSA) is 38.0 Å². The first-order valence-corrected chi connectivity index (χ1v) is 6.04. The van der Waals surface area contributed by atoms with E-state index in [0.29, 0.717) is 6.61 Å². The Labute approximate surface area is 106 Å². The smallest absolute Gasteiger partial charge is 0.0998 e. The quantitative estimate of drug-likeness (QED) is 0.766. The van der Waals surface area contributed by atoms with Crippen LogP contribution in [0.25, 0.3) is 11.1 Å². The van der Waals surface area contributed by atoms with Gasteiger partial charge in [-0.05, 0) is 29.7 Å². The van der Waals surface area contributed by atoms with E-state index in [-0.39, 0.29) is 0 Å². The third-order valence-electron chi connectivity index (χ3n) is 3.40. The zero-order valence-corrected chi connectivity index (χ0v) is 10.3. The van der Waals surface area contributed by atoms with Gasteiger partial charge < -0.3 is 9.30 Å². The highest BCUT2D eigenvalue weighted by Crippen LogP contribution is 2.32. The molecule has 3 nitrogen and oxygen atoms in total. The van der Waals surface area contributed by atoms with Crippen LogP contribution in [-0.2, 0) is 24.8 Å². The molecule has 0 radical (unpaired) electrons. The summed E-state index contributed by atoms with van der Waals surface area (Å²) in [5.41, 5.74) is 5.43. The lowest BCUT2D eigenvalue weighted by molar-refractivity contribution is 0.111. The fourth-order valence-corrected chi connectivity index (χ4v) is 2.54. The number of aromatic nitrogens is 1. The second-order valence-corrected chi connectivity index (χ2v) is 4.61. The van der Waals surface area contributed by atoms with Crippen molar-refractivity contribution in [2.24, 2.45) is 7.05 Å². The first kappa shape index (κ1) is 11.1. The van der Waals surface area contributed by atoms with E-state index in [2.05, 4.69) is 18.3 Å². The van der Waals surface area contributed by atoms with Gasteiger partial charge >= 0.3 is 0 Å². The minimum atomic E-state index is 0.654. The minimum Gasteiger partial charge on any atom is -0.376 e. The van der Waals surface area contributed by atoms with Crippen molar-refractivity contribution in [2.45, 2.75) is 13.0 Å². The van der Waals surface area contributed by atoms with Crippen LogP contribution in [0.3, 0.4) is 0 Å². The molecule has 0 N–H and O–H groups in total. The summed E-state index contributed by atoms with van der Waals surface area (Å²) in [6, 6.07) is 8.28. The van der Waals surface area contributed by atoms with Crippen LogP contribution >= 0.6 is 0 Å². The molecule has 18 heavy (non-hydrogen) atoms. The molecular weight excluding hydrogens is 224 g/mol. The van der Waals surface area contributed by atoms with Crippen molar-refractivity contribution in [3.8, 4) is 17.2 Å². The van der Waals surface area contributed by atoms with Gasteiger partial charge in [-0.25, -0.2) is 0 Å². The molecule has 2 heterocycles. The molecule has 0 fully saturated rings. The molecule has 1 aliphatic rings. The summed E-state index contributed by atoms with van der Waals surface area (Å²) >= 11 is 0. The number of rotatable bonds is 1. The molecule has 2 aromatic rings. The average molecular weight is 238 g/mol. The normalized spacial score (nSPS) is 14.0. The standard InChI is InChI=1S/C15H14N2O/c1-17-6-4-12(9-17)15-11(8-16)2-3-13-10-18-7-5-14(13)15/h2-4,6,9H,5,7,10H2,1H3. The number of hydrogen-bond acceptors (Lipinski definition) is 2. The summed E-state index contributed by atoms with van der Waals surface area (Å²) in [6.45, 7) is 1.39. The predicted molar refractivity (Wildman–Crippen MR) is 68.9 cm³/mol. The van der Waals surface area contributed by atoms with Gasteiger partial charge in [-0.2, -0.15) is 5.26 Å². The van der Waals surface area contributed by atoms with Gasteiger partial charge in [0.2, 0.25) is 0 Å². The van der Waals surface area contributed by atoms with Crippen molar-refractivity contribution in [1.82, 2.24) is 4.57 Å². The number of benzene rings is 1. The minimum absolute atomic E-state index is 0.654. The van der Waals surface area contributed by atoms with Crippen LogP contribution in [0.5, 0.6) is 0 Å². The molecule has 0 spiro atoms. The Morgan fingerprint density at radius 2 is 2.22 bits per heavy atom. The molecular formula is C15H14N2O. The maximum absolute atomic E-state index is 9.30. The van der Waals surface area contributed by atoms with Crippen molar-refractivity contribution in [3.05, 3.63) is 47.3 Å². The van der Waals surface area contributed by atoms with E-state index in [9.17, 15) is 5.26 Å². The van der Waals surface area contributed by atoms with Gasteiger partial charge in [-0.3, -0.25) is 0 Å². The highest BCUT2D eigenvalue weighted by atomic mass is 16.5.